The van der Waals surface area contributed by atoms with Gasteiger partial charge in [-0.3, -0.25) is 9.59 Å². The van der Waals surface area contributed by atoms with E-state index in [1.807, 2.05) is 13.8 Å². The highest BCUT2D eigenvalue weighted by Crippen LogP contribution is 2.34. The zero-order valence-electron chi connectivity index (χ0n) is 20.1. The first-order valence-corrected chi connectivity index (χ1v) is 12.8. The van der Waals surface area contributed by atoms with Crippen molar-refractivity contribution in [3.8, 4) is 0 Å². The van der Waals surface area contributed by atoms with Gasteiger partial charge >= 0.3 is 6.18 Å². The molecule has 37 heavy (non-hydrogen) atoms. The Bertz CT molecular complexity index is 1280. The van der Waals surface area contributed by atoms with Crippen LogP contribution in [0.1, 0.15) is 48.1 Å². The number of amides is 2. The summed E-state index contributed by atoms with van der Waals surface area (Å²) in [4.78, 5) is 25.3. The molecule has 0 unspecified atom stereocenters. The molecule has 13 heteroatoms. The molecule has 0 saturated heterocycles. The minimum Gasteiger partial charge on any atom is -0.342 e. The molecule has 1 heterocycles. The molecule has 0 aliphatic heterocycles. The van der Waals surface area contributed by atoms with Gasteiger partial charge in [0.2, 0.25) is 5.91 Å². The Kier molecular flexibility index (Phi) is 9.49. The van der Waals surface area contributed by atoms with Crippen molar-refractivity contribution in [2.75, 3.05) is 11.1 Å². The lowest BCUT2D eigenvalue weighted by Crippen LogP contribution is -2.31. The lowest BCUT2D eigenvalue weighted by molar-refractivity contribution is -0.137. The Morgan fingerprint density at radius 2 is 1.78 bits per heavy atom. The van der Waals surface area contributed by atoms with Crippen molar-refractivity contribution in [1.82, 2.24) is 20.1 Å². The average molecular weight is 574 g/mol. The summed E-state index contributed by atoms with van der Waals surface area (Å²) in [6.45, 7) is 4.01. The fraction of sp³-hybridized carbons (Fsp3) is 0.333. The Balaban J connectivity index is 1.70. The van der Waals surface area contributed by atoms with E-state index in [4.69, 9.17) is 23.2 Å². The maximum absolute atomic E-state index is 13.0. The van der Waals surface area contributed by atoms with E-state index in [0.717, 1.165) is 30.0 Å². The van der Waals surface area contributed by atoms with Crippen LogP contribution in [0, 0.1) is 5.92 Å². The number of hydrogen-bond donors (Lipinski definition) is 2. The minimum absolute atomic E-state index is 0.0157. The normalized spacial score (nSPS) is 12.5. The van der Waals surface area contributed by atoms with E-state index in [2.05, 4.69) is 20.8 Å². The minimum atomic E-state index is -4.57. The van der Waals surface area contributed by atoms with Gasteiger partial charge in [0.25, 0.3) is 5.91 Å². The van der Waals surface area contributed by atoms with Crippen LogP contribution in [0.25, 0.3) is 0 Å². The van der Waals surface area contributed by atoms with Crippen LogP contribution in [0.3, 0.4) is 0 Å². The first-order chi connectivity index (χ1) is 17.4. The molecule has 2 amide bonds. The molecule has 198 valence electrons. The number of rotatable bonds is 9. The third-order valence-electron chi connectivity index (χ3n) is 5.21. The van der Waals surface area contributed by atoms with Crippen LogP contribution in [-0.2, 0) is 18.0 Å². The van der Waals surface area contributed by atoms with Crippen molar-refractivity contribution in [3.63, 3.8) is 0 Å². The molecule has 0 saturated carbocycles. The van der Waals surface area contributed by atoms with Crippen molar-refractivity contribution in [2.24, 2.45) is 13.0 Å². The number of carbonyl (C=O) groups excluding carboxylic acids is 2. The van der Waals surface area contributed by atoms with Gasteiger partial charge in [-0.1, -0.05) is 60.9 Å². The topological polar surface area (TPSA) is 88.9 Å². The number of aromatic nitrogens is 3. The third kappa shape index (κ3) is 7.62. The molecule has 2 N–H and O–H groups in total. The van der Waals surface area contributed by atoms with E-state index in [9.17, 15) is 22.8 Å². The fourth-order valence-electron chi connectivity index (χ4n) is 3.45. The second-order valence-corrected chi connectivity index (χ2v) is 10.3. The summed E-state index contributed by atoms with van der Waals surface area (Å²) in [5, 5.41) is 14.4. The second kappa shape index (κ2) is 12.2. The van der Waals surface area contributed by atoms with Gasteiger partial charge in [-0.2, -0.15) is 13.2 Å². The van der Waals surface area contributed by atoms with Crippen LogP contribution in [0.5, 0.6) is 0 Å². The van der Waals surface area contributed by atoms with Gasteiger partial charge in [-0.05, 0) is 42.7 Å². The van der Waals surface area contributed by atoms with E-state index >= 15 is 0 Å². The molecule has 7 nitrogen and oxygen atoms in total. The number of halogens is 5. The Morgan fingerprint density at radius 3 is 2.43 bits per heavy atom. The Labute approximate surface area is 226 Å². The zero-order valence-corrected chi connectivity index (χ0v) is 22.4. The summed E-state index contributed by atoms with van der Waals surface area (Å²) in [5.41, 5.74) is -0.729. The van der Waals surface area contributed by atoms with Crippen LogP contribution in [-0.4, -0.2) is 32.3 Å². The fourth-order valence-corrected chi connectivity index (χ4v) is 4.56. The van der Waals surface area contributed by atoms with Crippen molar-refractivity contribution in [3.05, 3.63) is 69.5 Å². The first-order valence-electron chi connectivity index (χ1n) is 11.1. The highest BCUT2D eigenvalue weighted by molar-refractivity contribution is 7.99. The van der Waals surface area contributed by atoms with Crippen LogP contribution in [0.2, 0.25) is 10.0 Å². The van der Waals surface area contributed by atoms with E-state index < -0.39 is 23.7 Å². The quantitative estimate of drug-likeness (QED) is 0.289. The van der Waals surface area contributed by atoms with Crippen LogP contribution < -0.4 is 10.6 Å². The molecular weight excluding hydrogens is 550 g/mol. The maximum atomic E-state index is 13.0. The maximum Gasteiger partial charge on any atom is 0.416 e. The summed E-state index contributed by atoms with van der Waals surface area (Å²) >= 11 is 13.2. The van der Waals surface area contributed by atoms with Crippen LogP contribution in [0.4, 0.5) is 18.9 Å². The molecule has 2 aromatic carbocycles. The van der Waals surface area contributed by atoms with E-state index in [1.165, 1.54) is 0 Å². The van der Waals surface area contributed by atoms with Crippen molar-refractivity contribution < 1.29 is 22.8 Å². The monoisotopic (exact) mass is 573 g/mol. The largest absolute Gasteiger partial charge is 0.416 e. The molecule has 3 aromatic rings. The Morgan fingerprint density at radius 1 is 1.08 bits per heavy atom. The lowest BCUT2D eigenvalue weighted by Gasteiger charge is -2.20. The number of alkyl halides is 3. The molecule has 0 aliphatic carbocycles. The van der Waals surface area contributed by atoms with Gasteiger partial charge in [0, 0.05) is 7.05 Å². The van der Waals surface area contributed by atoms with Gasteiger partial charge in [-0.15, -0.1) is 10.2 Å². The van der Waals surface area contributed by atoms with Gasteiger partial charge in [0.1, 0.15) is 0 Å². The third-order valence-corrected chi connectivity index (χ3v) is 6.89. The van der Waals surface area contributed by atoms with Gasteiger partial charge in [0.15, 0.2) is 11.0 Å². The zero-order chi connectivity index (χ0) is 27.3. The van der Waals surface area contributed by atoms with E-state index in [1.54, 1.807) is 35.9 Å². The van der Waals surface area contributed by atoms with Crippen LogP contribution >= 0.6 is 35.0 Å². The van der Waals surface area contributed by atoms with Crippen molar-refractivity contribution in [1.29, 1.82) is 0 Å². The molecule has 0 spiro atoms. The standard InChI is InChI=1S/C24H24Cl2F3N5O2S/c1-13(2)10-19(31-22(36)15-6-4-5-7-16(15)25)21-32-33-23(34(21)3)37-12-20(35)30-18-11-14(24(27,28)29)8-9-17(18)26/h4-9,11,13,19H,10,12H2,1-3H3,(H,30,35)(H,31,36)/t19-/m0/s1. The number of carbonyl (C=O) groups is 2. The molecule has 3 rings (SSSR count). The summed E-state index contributed by atoms with van der Waals surface area (Å²) in [6.07, 6.45) is -4.00. The second-order valence-electron chi connectivity index (χ2n) is 8.56. The molecule has 0 radical (unpaired) electrons. The number of hydrogen-bond acceptors (Lipinski definition) is 5. The van der Waals surface area contributed by atoms with Gasteiger partial charge in [-0.25, -0.2) is 0 Å². The van der Waals surface area contributed by atoms with Crippen LogP contribution in [0.15, 0.2) is 47.6 Å². The molecule has 1 aromatic heterocycles. The molecular formula is C24H24Cl2F3N5O2S. The predicted molar refractivity (Wildman–Crippen MR) is 138 cm³/mol. The molecule has 0 aliphatic rings. The summed E-state index contributed by atoms with van der Waals surface area (Å²) in [6, 6.07) is 8.91. The van der Waals surface area contributed by atoms with Gasteiger partial charge < -0.3 is 15.2 Å². The van der Waals surface area contributed by atoms with Crippen molar-refractivity contribution >= 4 is 52.5 Å². The highest BCUT2D eigenvalue weighted by atomic mass is 35.5. The number of anilines is 1. The predicted octanol–water partition coefficient (Wildman–Crippen LogP) is 6.39. The lowest BCUT2D eigenvalue weighted by atomic mass is 10.0. The summed E-state index contributed by atoms with van der Waals surface area (Å²) in [7, 11) is 1.70. The number of benzene rings is 2. The summed E-state index contributed by atoms with van der Waals surface area (Å²) in [5.74, 6) is -0.378. The summed E-state index contributed by atoms with van der Waals surface area (Å²) < 4.78 is 40.6. The average Bonchev–Trinajstić information content (AvgIpc) is 3.18. The van der Waals surface area contributed by atoms with E-state index in [-0.39, 0.29) is 28.3 Å². The SMILES string of the molecule is CC(C)C[C@H](NC(=O)c1ccccc1Cl)c1nnc(SCC(=O)Nc2cc(C(F)(F)F)ccc2Cl)n1C. The highest BCUT2D eigenvalue weighted by Gasteiger charge is 2.31. The number of nitrogens with zero attached hydrogens (tertiary/aromatic N) is 3. The van der Waals surface area contributed by atoms with E-state index in [0.29, 0.717) is 28.0 Å². The molecule has 1 atom stereocenters. The van der Waals surface area contributed by atoms with Crippen molar-refractivity contribution in [2.45, 2.75) is 37.6 Å². The number of thioether (sulfide) groups is 1. The number of nitrogens with one attached hydrogen (secondary N) is 2. The molecule has 0 fully saturated rings. The van der Waals surface area contributed by atoms with Gasteiger partial charge in [0.05, 0.1) is 38.7 Å². The smallest absolute Gasteiger partial charge is 0.342 e. The Hall–Kier alpha value is -2.76. The first kappa shape index (κ1) is 28.8. The molecule has 0 bridgehead atoms.